The summed E-state index contributed by atoms with van der Waals surface area (Å²) in [7, 11) is 1.70. The van der Waals surface area contributed by atoms with Gasteiger partial charge in [-0.2, -0.15) is 0 Å². The van der Waals surface area contributed by atoms with Crippen LogP contribution in [-0.4, -0.2) is 24.6 Å². The fraction of sp³-hybridized carbons (Fsp3) is 0.857. The van der Waals surface area contributed by atoms with E-state index in [9.17, 15) is 9.70 Å². The molecule has 0 aliphatic rings. The quantitative estimate of drug-likeness (QED) is 0.505. The number of carbonyl (C=O) groups is 1. The Hall–Kier alpha value is -0.420. The van der Waals surface area contributed by atoms with E-state index in [0.717, 1.165) is 11.9 Å². The molecule has 0 aliphatic heterocycles. The number of Topliss-reactive ketones (excluding diaryl/α,β-unsaturated/α-hetero) is 1. The van der Waals surface area contributed by atoms with Gasteiger partial charge in [-0.05, 0) is 7.05 Å². The zero-order valence-electron chi connectivity index (χ0n) is 7.53. The van der Waals surface area contributed by atoms with Crippen molar-refractivity contribution in [2.24, 2.45) is 10.5 Å². The van der Waals surface area contributed by atoms with Crippen LogP contribution in [0, 0.1) is 10.8 Å². The first-order chi connectivity index (χ1) is 5.63. The number of ketones is 1. The second-order valence-electron chi connectivity index (χ2n) is 2.77. The summed E-state index contributed by atoms with van der Waals surface area (Å²) in [5.74, 6) is 0.528. The molecule has 0 aromatic heterocycles. The molecule has 0 saturated carbocycles. The van der Waals surface area contributed by atoms with Crippen molar-refractivity contribution in [3.63, 3.8) is 0 Å². The van der Waals surface area contributed by atoms with Gasteiger partial charge in [0.2, 0.25) is 0 Å². The van der Waals surface area contributed by atoms with Gasteiger partial charge in [-0.1, -0.05) is 13.8 Å². The summed E-state index contributed by atoms with van der Waals surface area (Å²) >= 11 is 0.873. The lowest BCUT2D eigenvalue weighted by molar-refractivity contribution is -0.123. The van der Waals surface area contributed by atoms with E-state index in [0.29, 0.717) is 5.75 Å². The van der Waals surface area contributed by atoms with Gasteiger partial charge >= 0.3 is 0 Å². The molecular formula is C7H14N2O2S. The van der Waals surface area contributed by atoms with Crippen molar-refractivity contribution in [3.05, 3.63) is 4.91 Å². The molecule has 0 aliphatic carbocycles. The van der Waals surface area contributed by atoms with E-state index in [1.807, 2.05) is 13.8 Å². The van der Waals surface area contributed by atoms with Crippen LogP contribution in [0.4, 0.5) is 0 Å². The van der Waals surface area contributed by atoms with Crippen molar-refractivity contribution < 1.29 is 4.79 Å². The number of nitrogens with one attached hydrogen (secondary N) is 1. The molecule has 0 spiro atoms. The van der Waals surface area contributed by atoms with Crippen molar-refractivity contribution in [1.29, 1.82) is 0 Å². The third kappa shape index (κ3) is 3.82. The Morgan fingerprint density at radius 2 is 2.17 bits per heavy atom. The van der Waals surface area contributed by atoms with E-state index >= 15 is 0 Å². The average molecular weight is 190 g/mol. The fourth-order valence-corrected chi connectivity index (χ4v) is 1.36. The molecule has 0 rings (SSSR count). The van der Waals surface area contributed by atoms with Gasteiger partial charge in [-0.15, -0.1) is 4.91 Å². The lowest BCUT2D eigenvalue weighted by atomic mass is 10.0. The summed E-state index contributed by atoms with van der Waals surface area (Å²) in [4.78, 5) is 21.2. The van der Waals surface area contributed by atoms with Gasteiger partial charge in [-0.25, -0.2) is 0 Å². The minimum Gasteiger partial charge on any atom is -0.310 e. The first-order valence-corrected chi connectivity index (χ1v) is 4.73. The normalized spacial score (nSPS) is 13.0. The van der Waals surface area contributed by atoms with Gasteiger partial charge in [0, 0.05) is 28.2 Å². The lowest BCUT2D eigenvalue weighted by Crippen LogP contribution is -2.38. The third-order valence-corrected chi connectivity index (χ3v) is 2.14. The zero-order chi connectivity index (χ0) is 9.56. The van der Waals surface area contributed by atoms with Crippen molar-refractivity contribution in [2.75, 3.05) is 12.8 Å². The van der Waals surface area contributed by atoms with Crippen molar-refractivity contribution >= 4 is 17.7 Å². The van der Waals surface area contributed by atoms with Gasteiger partial charge in [0.25, 0.3) is 0 Å². The van der Waals surface area contributed by atoms with Gasteiger partial charge in [0.05, 0.1) is 6.04 Å². The van der Waals surface area contributed by atoms with E-state index in [-0.39, 0.29) is 17.7 Å². The van der Waals surface area contributed by atoms with Crippen LogP contribution in [0.3, 0.4) is 0 Å². The van der Waals surface area contributed by atoms with E-state index in [1.54, 1.807) is 7.05 Å². The molecule has 1 unspecified atom stereocenters. The number of carbonyl (C=O) groups excluding carboxylic acids is 1. The maximum Gasteiger partial charge on any atom is 0.153 e. The molecule has 1 N–H and O–H groups in total. The second kappa shape index (κ2) is 6.14. The Morgan fingerprint density at radius 3 is 2.50 bits per heavy atom. The summed E-state index contributed by atoms with van der Waals surface area (Å²) in [6, 6.07) is -0.257. The predicted molar refractivity (Wildman–Crippen MR) is 50.9 cm³/mol. The molecule has 0 aromatic rings. The highest BCUT2D eigenvalue weighted by Gasteiger charge is 2.19. The van der Waals surface area contributed by atoms with E-state index in [2.05, 4.69) is 9.90 Å². The van der Waals surface area contributed by atoms with Crippen LogP contribution in [0.25, 0.3) is 0 Å². The number of nitrogens with zero attached hydrogens (tertiary/aromatic N) is 1. The highest BCUT2D eigenvalue weighted by molar-refractivity contribution is 7.97. The van der Waals surface area contributed by atoms with Crippen LogP contribution in [0.1, 0.15) is 13.8 Å². The highest BCUT2D eigenvalue weighted by atomic mass is 32.2. The molecule has 5 heteroatoms. The Balaban J connectivity index is 3.96. The molecule has 12 heavy (non-hydrogen) atoms. The molecule has 1 atom stereocenters. The number of hydrogen-bond acceptors (Lipinski definition) is 5. The van der Waals surface area contributed by atoms with Crippen LogP contribution < -0.4 is 5.32 Å². The molecule has 0 bridgehead atoms. The Morgan fingerprint density at radius 1 is 1.58 bits per heavy atom. The first kappa shape index (κ1) is 11.6. The summed E-state index contributed by atoms with van der Waals surface area (Å²) in [5, 5.41) is 2.85. The summed E-state index contributed by atoms with van der Waals surface area (Å²) < 4.78 is 2.64. The topological polar surface area (TPSA) is 58.5 Å². The largest absolute Gasteiger partial charge is 0.310 e. The van der Waals surface area contributed by atoms with Crippen molar-refractivity contribution in [2.45, 2.75) is 19.9 Å². The van der Waals surface area contributed by atoms with Gasteiger partial charge < -0.3 is 5.32 Å². The van der Waals surface area contributed by atoms with Gasteiger partial charge in [-0.3, -0.25) is 4.79 Å². The second-order valence-corrected chi connectivity index (χ2v) is 3.51. The van der Waals surface area contributed by atoms with E-state index in [1.165, 1.54) is 0 Å². The maximum atomic E-state index is 11.4. The van der Waals surface area contributed by atoms with E-state index in [4.69, 9.17) is 0 Å². The Labute approximate surface area is 76.6 Å². The molecule has 0 amide bonds. The predicted octanol–water partition coefficient (Wildman–Crippen LogP) is 1.21. The molecule has 70 valence electrons. The average Bonchev–Trinajstić information content (AvgIpc) is 2.05. The van der Waals surface area contributed by atoms with E-state index < -0.39 is 0 Å². The number of likely N-dealkylation sites (N-methyl/N-ethyl adjacent to an activating group) is 1. The standard InChI is InChI=1S/C7H14N2O2S/c1-5(2)7(10)6(8-3)4-12-9-11/h5-6,8H,4H2,1-3H3. The SMILES string of the molecule is CNC(CSN=O)C(=O)C(C)C. The van der Waals surface area contributed by atoms with Crippen molar-refractivity contribution in [3.8, 4) is 0 Å². The molecule has 0 aromatic carbocycles. The number of rotatable bonds is 6. The zero-order valence-corrected chi connectivity index (χ0v) is 8.35. The number of nitroso groups, excluding NO2 is 1. The minimum atomic E-state index is -0.257. The molecular weight excluding hydrogens is 176 g/mol. The molecule has 0 heterocycles. The van der Waals surface area contributed by atoms with Crippen LogP contribution >= 0.6 is 11.9 Å². The lowest BCUT2D eigenvalue weighted by Gasteiger charge is -2.14. The highest BCUT2D eigenvalue weighted by Crippen LogP contribution is 2.07. The summed E-state index contributed by atoms with van der Waals surface area (Å²) in [5.41, 5.74) is 0. The fourth-order valence-electron chi connectivity index (χ4n) is 0.815. The van der Waals surface area contributed by atoms with Gasteiger partial charge in [0.15, 0.2) is 5.78 Å². The third-order valence-electron chi connectivity index (χ3n) is 1.55. The van der Waals surface area contributed by atoms with Crippen LogP contribution in [-0.2, 0) is 4.79 Å². The van der Waals surface area contributed by atoms with Crippen LogP contribution in [0.2, 0.25) is 0 Å². The Kier molecular flexibility index (Phi) is 5.92. The minimum absolute atomic E-state index is 0.00491. The summed E-state index contributed by atoms with van der Waals surface area (Å²) in [6.45, 7) is 3.68. The molecule has 0 saturated heterocycles. The Bertz CT molecular complexity index is 161. The molecule has 0 radical (unpaired) electrons. The number of hydrogen-bond donors (Lipinski definition) is 1. The van der Waals surface area contributed by atoms with Crippen LogP contribution in [0.15, 0.2) is 4.58 Å². The molecule has 0 fully saturated rings. The first-order valence-electron chi connectivity index (χ1n) is 3.79. The smallest absolute Gasteiger partial charge is 0.153 e. The monoisotopic (exact) mass is 190 g/mol. The summed E-state index contributed by atoms with van der Waals surface area (Å²) in [6.07, 6.45) is 0. The maximum absolute atomic E-state index is 11.4. The van der Waals surface area contributed by atoms with Gasteiger partial charge in [0.1, 0.15) is 0 Å². The molecule has 4 nitrogen and oxygen atoms in total. The van der Waals surface area contributed by atoms with Crippen molar-refractivity contribution in [1.82, 2.24) is 5.32 Å². The van der Waals surface area contributed by atoms with Crippen LogP contribution in [0.5, 0.6) is 0 Å².